The Morgan fingerprint density at radius 3 is 2.42 bits per heavy atom. The lowest BCUT2D eigenvalue weighted by molar-refractivity contribution is 0.148. The molecule has 0 saturated carbocycles. The van der Waals surface area contributed by atoms with Gasteiger partial charge in [0.25, 0.3) is 0 Å². The molecule has 0 aromatic heterocycles. The van der Waals surface area contributed by atoms with Gasteiger partial charge in [0.15, 0.2) is 5.96 Å². The Kier molecular flexibility index (Phi) is 6.88. The highest BCUT2D eigenvalue weighted by atomic mass is 16.3. The lowest BCUT2D eigenvalue weighted by Gasteiger charge is -2.32. The van der Waals surface area contributed by atoms with Crippen molar-refractivity contribution in [3.63, 3.8) is 0 Å². The Labute approximate surface area is 157 Å². The number of nitrogens with one attached hydrogen (secondary N) is 1. The first kappa shape index (κ1) is 19.1. The lowest BCUT2D eigenvalue weighted by Crippen LogP contribution is -2.43. The highest BCUT2D eigenvalue weighted by Gasteiger charge is 2.22. The average molecular weight is 360 g/mol. The van der Waals surface area contributed by atoms with Gasteiger partial charge in [-0.25, -0.2) is 4.99 Å². The second-order valence-electron chi connectivity index (χ2n) is 7.45. The summed E-state index contributed by atoms with van der Waals surface area (Å²) in [6, 6.07) is 8.85. The standard InChI is InChI=1S/C20H33N5O/c1-3-21-20(25-9-8-19(26)16-25)22-14-17-4-6-18(7-5-17)15-24-12-10-23(2)11-13-24/h4-7,19,26H,3,8-16H2,1-2H3,(H,21,22)/t19-/m1/s1. The van der Waals surface area contributed by atoms with Gasteiger partial charge in [-0.2, -0.15) is 0 Å². The third-order valence-electron chi connectivity index (χ3n) is 5.23. The minimum absolute atomic E-state index is 0.229. The van der Waals surface area contributed by atoms with Gasteiger partial charge in [-0.15, -0.1) is 0 Å². The topological polar surface area (TPSA) is 54.3 Å². The van der Waals surface area contributed by atoms with Crippen LogP contribution in [0.15, 0.2) is 29.3 Å². The number of benzene rings is 1. The van der Waals surface area contributed by atoms with E-state index in [9.17, 15) is 5.11 Å². The Morgan fingerprint density at radius 2 is 1.81 bits per heavy atom. The van der Waals surface area contributed by atoms with E-state index in [1.165, 1.54) is 11.1 Å². The zero-order valence-electron chi connectivity index (χ0n) is 16.2. The van der Waals surface area contributed by atoms with Crippen molar-refractivity contribution in [2.75, 3.05) is 52.9 Å². The number of piperazine rings is 1. The Hall–Kier alpha value is -1.63. The first-order valence-corrected chi connectivity index (χ1v) is 9.84. The zero-order valence-corrected chi connectivity index (χ0v) is 16.2. The fourth-order valence-corrected chi connectivity index (χ4v) is 3.54. The molecule has 0 amide bonds. The quantitative estimate of drug-likeness (QED) is 0.606. The Bertz CT molecular complexity index is 580. The van der Waals surface area contributed by atoms with Gasteiger partial charge in [0.2, 0.25) is 0 Å². The Balaban J connectivity index is 1.54. The van der Waals surface area contributed by atoms with Crippen LogP contribution in [-0.4, -0.2) is 84.7 Å². The van der Waals surface area contributed by atoms with Crippen molar-refractivity contribution in [1.82, 2.24) is 20.0 Å². The molecule has 0 spiro atoms. The van der Waals surface area contributed by atoms with E-state index in [1.54, 1.807) is 0 Å². The van der Waals surface area contributed by atoms with Crippen molar-refractivity contribution in [2.45, 2.75) is 32.5 Å². The fraction of sp³-hybridized carbons (Fsp3) is 0.650. The third kappa shape index (κ3) is 5.43. The molecule has 0 bridgehead atoms. The lowest BCUT2D eigenvalue weighted by atomic mass is 10.1. The minimum atomic E-state index is -0.229. The van der Waals surface area contributed by atoms with Gasteiger partial charge in [0.05, 0.1) is 12.6 Å². The van der Waals surface area contributed by atoms with E-state index in [4.69, 9.17) is 4.99 Å². The number of hydrogen-bond acceptors (Lipinski definition) is 4. The maximum atomic E-state index is 9.75. The molecule has 0 aliphatic carbocycles. The number of aliphatic imine (C=N–C) groups is 1. The van der Waals surface area contributed by atoms with Crippen LogP contribution in [0.2, 0.25) is 0 Å². The summed E-state index contributed by atoms with van der Waals surface area (Å²) in [6.07, 6.45) is 0.596. The molecule has 2 heterocycles. The normalized spacial score (nSPS) is 22.8. The molecule has 1 aromatic rings. The summed E-state index contributed by atoms with van der Waals surface area (Å²) in [5, 5.41) is 13.1. The maximum Gasteiger partial charge on any atom is 0.194 e. The second kappa shape index (κ2) is 9.35. The van der Waals surface area contributed by atoms with E-state index in [1.807, 2.05) is 0 Å². The minimum Gasteiger partial charge on any atom is -0.391 e. The van der Waals surface area contributed by atoms with E-state index in [0.29, 0.717) is 13.1 Å². The number of rotatable bonds is 5. The fourth-order valence-electron chi connectivity index (χ4n) is 3.54. The van der Waals surface area contributed by atoms with Crippen LogP contribution in [0.5, 0.6) is 0 Å². The van der Waals surface area contributed by atoms with E-state index < -0.39 is 0 Å². The molecule has 6 nitrogen and oxygen atoms in total. The summed E-state index contributed by atoms with van der Waals surface area (Å²) in [7, 11) is 2.19. The van der Waals surface area contributed by atoms with Crippen molar-refractivity contribution >= 4 is 5.96 Å². The van der Waals surface area contributed by atoms with Crippen molar-refractivity contribution in [3.8, 4) is 0 Å². The molecule has 2 aliphatic heterocycles. The molecule has 0 unspecified atom stereocenters. The molecule has 2 aliphatic rings. The molecular weight excluding hydrogens is 326 g/mol. The van der Waals surface area contributed by atoms with Crippen molar-refractivity contribution in [1.29, 1.82) is 0 Å². The van der Waals surface area contributed by atoms with Crippen molar-refractivity contribution < 1.29 is 5.11 Å². The summed E-state index contributed by atoms with van der Waals surface area (Å²) in [6.45, 7) is 10.8. The second-order valence-corrected chi connectivity index (χ2v) is 7.45. The molecule has 144 valence electrons. The van der Waals surface area contributed by atoms with Crippen molar-refractivity contribution in [2.24, 2.45) is 4.99 Å². The highest BCUT2D eigenvalue weighted by Crippen LogP contribution is 2.12. The number of guanidine groups is 1. The number of likely N-dealkylation sites (tertiary alicyclic amines) is 1. The largest absolute Gasteiger partial charge is 0.391 e. The first-order valence-electron chi connectivity index (χ1n) is 9.84. The summed E-state index contributed by atoms with van der Waals surface area (Å²) in [5.74, 6) is 0.908. The zero-order chi connectivity index (χ0) is 18.4. The molecule has 6 heteroatoms. The van der Waals surface area contributed by atoms with Crippen LogP contribution in [0.25, 0.3) is 0 Å². The number of aliphatic hydroxyl groups excluding tert-OH is 1. The molecule has 1 aromatic carbocycles. The van der Waals surface area contributed by atoms with Crippen LogP contribution in [0.3, 0.4) is 0 Å². The van der Waals surface area contributed by atoms with E-state index >= 15 is 0 Å². The molecule has 0 radical (unpaired) electrons. The van der Waals surface area contributed by atoms with Crippen LogP contribution in [0.4, 0.5) is 0 Å². The van der Waals surface area contributed by atoms with Gasteiger partial charge in [0.1, 0.15) is 0 Å². The summed E-state index contributed by atoms with van der Waals surface area (Å²) < 4.78 is 0. The smallest absolute Gasteiger partial charge is 0.194 e. The molecule has 2 saturated heterocycles. The van der Waals surface area contributed by atoms with Crippen LogP contribution < -0.4 is 5.32 Å². The molecule has 2 fully saturated rings. The van der Waals surface area contributed by atoms with Crippen molar-refractivity contribution in [3.05, 3.63) is 35.4 Å². The molecular formula is C20H33N5O. The molecule has 3 rings (SSSR count). The van der Waals surface area contributed by atoms with Crippen LogP contribution in [-0.2, 0) is 13.1 Å². The molecule has 2 N–H and O–H groups in total. The summed E-state index contributed by atoms with van der Waals surface area (Å²) in [5.41, 5.74) is 2.60. The maximum absolute atomic E-state index is 9.75. The van der Waals surface area contributed by atoms with Crippen LogP contribution >= 0.6 is 0 Å². The monoisotopic (exact) mass is 359 g/mol. The summed E-state index contributed by atoms with van der Waals surface area (Å²) in [4.78, 5) is 11.8. The number of likely N-dealkylation sites (N-methyl/N-ethyl adjacent to an activating group) is 1. The van der Waals surface area contributed by atoms with E-state index in [0.717, 1.165) is 58.2 Å². The Morgan fingerprint density at radius 1 is 1.12 bits per heavy atom. The molecule has 1 atom stereocenters. The van der Waals surface area contributed by atoms with Crippen LogP contribution in [0.1, 0.15) is 24.5 Å². The summed E-state index contributed by atoms with van der Waals surface area (Å²) >= 11 is 0. The first-order chi connectivity index (χ1) is 12.6. The predicted molar refractivity (Wildman–Crippen MR) is 106 cm³/mol. The van der Waals surface area contributed by atoms with Crippen LogP contribution in [0, 0.1) is 0 Å². The van der Waals surface area contributed by atoms with Gasteiger partial charge in [-0.3, -0.25) is 4.90 Å². The van der Waals surface area contributed by atoms with Gasteiger partial charge in [-0.1, -0.05) is 24.3 Å². The third-order valence-corrected chi connectivity index (χ3v) is 5.23. The average Bonchev–Trinajstić information content (AvgIpc) is 3.08. The number of aliphatic hydroxyl groups is 1. The van der Waals surface area contributed by atoms with E-state index in [-0.39, 0.29) is 6.10 Å². The number of nitrogens with zero attached hydrogens (tertiary/aromatic N) is 4. The van der Waals surface area contributed by atoms with Gasteiger partial charge in [-0.05, 0) is 31.5 Å². The van der Waals surface area contributed by atoms with E-state index in [2.05, 4.69) is 58.3 Å². The van der Waals surface area contributed by atoms with Gasteiger partial charge >= 0.3 is 0 Å². The molecule has 26 heavy (non-hydrogen) atoms. The number of β-amino-alcohol motifs (C(OH)–C–C–N with tert-alkyl or cyclic N) is 1. The highest BCUT2D eigenvalue weighted by molar-refractivity contribution is 5.80. The predicted octanol–water partition coefficient (Wildman–Crippen LogP) is 0.966. The van der Waals surface area contributed by atoms with Gasteiger partial charge in [0, 0.05) is 52.4 Å². The van der Waals surface area contributed by atoms with Gasteiger partial charge < -0.3 is 20.2 Å². The number of hydrogen-bond donors (Lipinski definition) is 2. The SMILES string of the molecule is CCNC(=NCc1ccc(CN2CCN(C)CC2)cc1)N1CC[C@@H](O)C1.